The van der Waals surface area contributed by atoms with Crippen LogP contribution in [-0.4, -0.2) is 161 Å². The first-order valence-corrected chi connectivity index (χ1v) is 18.8. The summed E-state index contributed by atoms with van der Waals surface area (Å²) in [5, 5.41) is 57.1. The van der Waals surface area contributed by atoms with Gasteiger partial charge in [-0.15, -0.1) is 0 Å². The van der Waals surface area contributed by atoms with E-state index in [4.69, 9.17) is 49.4 Å². The third kappa shape index (κ3) is 10.3. The van der Waals surface area contributed by atoms with E-state index >= 15 is 0 Å². The first-order chi connectivity index (χ1) is 27.9. The predicted octanol–water partition coefficient (Wildman–Crippen LogP) is -1.94. The summed E-state index contributed by atoms with van der Waals surface area (Å²) in [6, 6.07) is 13.4. The van der Waals surface area contributed by atoms with Gasteiger partial charge in [0.25, 0.3) is 0 Å². The molecular formula is C37H51N5O16. The Morgan fingerprint density at radius 3 is 2.14 bits per heavy atom. The molecule has 0 radical (unpaired) electrons. The summed E-state index contributed by atoms with van der Waals surface area (Å²) in [7, 11) is 1.42. The lowest BCUT2D eigenvalue weighted by molar-refractivity contribution is -0.370. The highest BCUT2D eigenvalue weighted by Gasteiger charge is 2.60. The first kappa shape index (κ1) is 43.4. The second-order valence-electron chi connectivity index (χ2n) is 14.4. The third-order valence-electron chi connectivity index (χ3n) is 10.4. The van der Waals surface area contributed by atoms with Gasteiger partial charge in [-0.2, -0.15) is 0 Å². The molecule has 4 saturated heterocycles. The highest BCUT2D eigenvalue weighted by molar-refractivity contribution is 5.71. The molecule has 2 aromatic rings. The second kappa shape index (κ2) is 19.7. The minimum absolute atomic E-state index is 0.0599. The monoisotopic (exact) mass is 821 g/mol. The van der Waals surface area contributed by atoms with Crippen LogP contribution in [0, 0.1) is 0 Å². The topological polar surface area (TPSA) is 306 Å². The Balaban J connectivity index is 1.19. The lowest BCUT2D eigenvalue weighted by Gasteiger charge is -2.50. The SMILES string of the molecule is CN1C(=O)OC2C3O[C@H](O[C@@H](CO)C[C@@H](NC(=O)OCc4ccccc4)[C@H](N)O)[C@@H](NC(=O)OCc4ccccc4)C[C@@H]3OC(O[C@H]3OC(CO)[C@@H](N)[C@H](O)C3O)C21. The molecule has 4 fully saturated rings. The van der Waals surface area contributed by atoms with Gasteiger partial charge >= 0.3 is 18.3 Å². The zero-order valence-corrected chi connectivity index (χ0v) is 31.5. The maximum absolute atomic E-state index is 13.2. The molecule has 6 rings (SSSR count). The first-order valence-electron chi connectivity index (χ1n) is 18.8. The molecular weight excluding hydrogens is 770 g/mol. The summed E-state index contributed by atoms with van der Waals surface area (Å²) >= 11 is 0. The molecule has 0 spiro atoms. The van der Waals surface area contributed by atoms with Gasteiger partial charge in [0, 0.05) is 19.9 Å². The number of likely N-dealkylation sites (N-methyl/N-ethyl adjacent to an activating group) is 1. The van der Waals surface area contributed by atoms with E-state index in [9.17, 15) is 39.9 Å². The van der Waals surface area contributed by atoms with Gasteiger partial charge < -0.3 is 85.5 Å². The maximum Gasteiger partial charge on any atom is 0.410 e. The van der Waals surface area contributed by atoms with E-state index < -0.39 is 123 Å². The number of nitrogens with zero attached hydrogens (tertiary/aromatic N) is 1. The molecule has 320 valence electrons. The van der Waals surface area contributed by atoms with E-state index in [0.717, 1.165) is 5.56 Å². The van der Waals surface area contributed by atoms with Crippen molar-refractivity contribution < 1.29 is 77.8 Å². The average molecular weight is 822 g/mol. The molecule has 0 aromatic heterocycles. The van der Waals surface area contributed by atoms with E-state index in [1.54, 1.807) is 48.5 Å². The second-order valence-corrected chi connectivity index (χ2v) is 14.4. The molecule has 4 heterocycles. The van der Waals surface area contributed by atoms with Gasteiger partial charge in [0.15, 0.2) is 25.0 Å². The lowest BCUT2D eigenvalue weighted by Crippen LogP contribution is -2.68. The van der Waals surface area contributed by atoms with Gasteiger partial charge in [-0.05, 0) is 11.1 Å². The Morgan fingerprint density at radius 1 is 0.897 bits per heavy atom. The van der Waals surface area contributed by atoms with Crippen molar-refractivity contribution >= 4 is 18.3 Å². The fourth-order valence-corrected chi connectivity index (χ4v) is 7.21. The largest absolute Gasteiger partial charge is 0.445 e. The van der Waals surface area contributed by atoms with E-state index in [2.05, 4.69) is 10.6 Å². The summed E-state index contributed by atoms with van der Waals surface area (Å²) in [5.74, 6) is 0. The fraction of sp³-hybridized carbons (Fsp3) is 0.595. The van der Waals surface area contributed by atoms with Crippen LogP contribution in [0.2, 0.25) is 0 Å². The highest BCUT2D eigenvalue weighted by atomic mass is 16.8. The van der Waals surface area contributed by atoms with Crippen LogP contribution in [0.4, 0.5) is 14.4 Å². The number of ether oxygens (including phenoxy) is 8. The van der Waals surface area contributed by atoms with Crippen LogP contribution in [0.3, 0.4) is 0 Å². The predicted molar refractivity (Wildman–Crippen MR) is 194 cm³/mol. The van der Waals surface area contributed by atoms with Crippen molar-refractivity contribution in [2.24, 2.45) is 11.5 Å². The molecule has 4 aliphatic heterocycles. The number of alkyl carbamates (subject to hydrolysis) is 2. The smallest absolute Gasteiger partial charge is 0.410 e. The number of benzene rings is 2. The van der Waals surface area contributed by atoms with Crippen LogP contribution < -0.4 is 22.1 Å². The standard InChI is InChI=1S/C37H51N5O16/c1-42-26-30(57-37(42)50)29-23(54-33(26)58-34-28(46)27(45)25(38)24(15-44)55-34)13-22(41-36(49)52-17-19-10-6-3-7-11-19)32(56-29)53-20(14-43)12-21(31(39)47)40-35(48)51-16-18-8-4-2-5-9-18/h2-11,20-34,43-47H,12-17,38-39H2,1H3,(H,40,48)(H,41,49)/t20-,21-,22+,23+,24?,25-,26?,27+,28?,29?,30?,31-,32+,33?,34-/m1/s1. The fourth-order valence-electron chi connectivity index (χ4n) is 7.21. The number of hydrogen-bond donors (Lipinski definition) is 9. The van der Waals surface area contributed by atoms with E-state index in [1.165, 1.54) is 11.9 Å². The molecule has 4 aliphatic rings. The minimum Gasteiger partial charge on any atom is -0.445 e. The number of rotatable bonds is 15. The van der Waals surface area contributed by atoms with Gasteiger partial charge in [-0.1, -0.05) is 60.7 Å². The lowest BCUT2D eigenvalue weighted by atomic mass is 9.89. The van der Waals surface area contributed by atoms with Crippen molar-refractivity contribution in [1.29, 1.82) is 0 Å². The summed E-state index contributed by atoms with van der Waals surface area (Å²) in [6.45, 7) is -1.39. The van der Waals surface area contributed by atoms with Crippen molar-refractivity contribution in [1.82, 2.24) is 15.5 Å². The molecule has 6 unspecified atom stereocenters. The van der Waals surface area contributed by atoms with Gasteiger partial charge in [0.2, 0.25) is 0 Å². The van der Waals surface area contributed by atoms with Gasteiger partial charge in [-0.25, -0.2) is 14.4 Å². The zero-order valence-electron chi connectivity index (χ0n) is 31.5. The number of amides is 3. The number of aliphatic hydroxyl groups is 5. The third-order valence-corrected chi connectivity index (χ3v) is 10.4. The van der Waals surface area contributed by atoms with Crippen molar-refractivity contribution in [2.45, 2.75) is 118 Å². The molecule has 3 amide bonds. The number of aliphatic hydroxyl groups excluding tert-OH is 5. The van der Waals surface area contributed by atoms with Crippen molar-refractivity contribution in [2.75, 3.05) is 20.3 Å². The highest BCUT2D eigenvalue weighted by Crippen LogP contribution is 2.40. The number of carbonyl (C=O) groups is 3. The van der Waals surface area contributed by atoms with E-state index in [0.29, 0.717) is 5.56 Å². The Bertz CT molecular complexity index is 1650. The minimum atomic E-state index is -1.67. The molecule has 21 nitrogen and oxygen atoms in total. The Hall–Kier alpha value is -4.23. The van der Waals surface area contributed by atoms with Crippen LogP contribution in [0.15, 0.2) is 60.7 Å². The van der Waals surface area contributed by atoms with Crippen LogP contribution in [0.1, 0.15) is 24.0 Å². The van der Waals surface area contributed by atoms with Crippen LogP contribution in [0.25, 0.3) is 0 Å². The van der Waals surface area contributed by atoms with Crippen molar-refractivity contribution in [3.63, 3.8) is 0 Å². The van der Waals surface area contributed by atoms with E-state index in [-0.39, 0.29) is 26.1 Å². The van der Waals surface area contributed by atoms with Gasteiger partial charge in [0.1, 0.15) is 49.9 Å². The number of carbonyl (C=O) groups excluding carboxylic acids is 3. The van der Waals surface area contributed by atoms with Crippen molar-refractivity contribution in [3.8, 4) is 0 Å². The average Bonchev–Trinajstić information content (AvgIpc) is 3.53. The number of nitrogens with one attached hydrogen (secondary N) is 2. The van der Waals surface area contributed by atoms with Crippen LogP contribution in [-0.2, 0) is 51.1 Å². The normalized spacial score (nSPS) is 33.4. The molecule has 11 N–H and O–H groups in total. The Kier molecular flexibility index (Phi) is 14.7. The van der Waals surface area contributed by atoms with Gasteiger partial charge in [0.05, 0.1) is 43.5 Å². The van der Waals surface area contributed by atoms with Crippen LogP contribution in [0.5, 0.6) is 0 Å². The van der Waals surface area contributed by atoms with Gasteiger partial charge in [-0.3, -0.25) is 4.90 Å². The van der Waals surface area contributed by atoms with Crippen LogP contribution >= 0.6 is 0 Å². The Labute approximate surface area is 332 Å². The summed E-state index contributed by atoms with van der Waals surface area (Å²) < 4.78 is 47.0. The Morgan fingerprint density at radius 2 is 1.53 bits per heavy atom. The number of nitrogens with two attached hydrogens (primary N) is 2. The summed E-state index contributed by atoms with van der Waals surface area (Å²) in [6.07, 6.45) is -17.4. The van der Waals surface area contributed by atoms with Crippen molar-refractivity contribution in [3.05, 3.63) is 71.8 Å². The molecule has 0 aliphatic carbocycles. The quantitative estimate of drug-likeness (QED) is 0.0698. The molecule has 15 atom stereocenters. The number of hydrogen-bond acceptors (Lipinski definition) is 18. The maximum atomic E-state index is 13.2. The number of fused-ring (bicyclic) bond motifs is 3. The molecule has 2 aromatic carbocycles. The van der Waals surface area contributed by atoms with E-state index in [1.807, 2.05) is 12.1 Å². The summed E-state index contributed by atoms with van der Waals surface area (Å²) in [5.41, 5.74) is 13.1. The summed E-state index contributed by atoms with van der Waals surface area (Å²) in [4.78, 5) is 40.0. The molecule has 0 bridgehead atoms. The molecule has 0 saturated carbocycles. The molecule has 58 heavy (non-hydrogen) atoms. The molecule has 21 heteroatoms. The zero-order chi connectivity index (χ0) is 41.5.